The Balaban J connectivity index is -0.00000000500. The number of rotatable bonds is 0. The molecule has 0 N–H and O–H groups in total. The van der Waals surface area contributed by atoms with Crippen LogP contribution < -0.4 is 0 Å². The van der Waals surface area contributed by atoms with Crippen LogP contribution in [0.15, 0.2) is 0 Å². The third-order valence-corrected chi connectivity index (χ3v) is 0. The fraction of sp³-hybridized carbons (Fsp3) is 0. The summed E-state index contributed by atoms with van der Waals surface area (Å²) in [7, 11) is 0. The van der Waals surface area contributed by atoms with Crippen LogP contribution in [0.2, 0.25) is 0 Å². The van der Waals surface area contributed by atoms with Crippen molar-refractivity contribution in [3.05, 3.63) is 0 Å². The van der Waals surface area contributed by atoms with Gasteiger partial charge in [-0.3, -0.25) is 0 Å². The van der Waals surface area contributed by atoms with Crippen LogP contribution in [-0.2, 0) is 19.8 Å². The molecule has 0 aliphatic rings. The van der Waals surface area contributed by atoms with Crippen molar-refractivity contribution in [2.45, 2.75) is 0 Å². The minimum atomic E-state index is 0. The molecule has 23 valence electrons. The molecular formula is BaCeCuO. The quantitative estimate of drug-likeness (QED) is 0.535. The van der Waals surface area contributed by atoms with E-state index in [-0.39, 0.29) is 90.6 Å². The molecule has 0 spiro atoms. The third-order valence-electron chi connectivity index (χ3n) is 0. The Bertz CT molecular complexity index is 8.00. The molecule has 0 aromatic rings. The Hall–Kier alpha value is 3.27. The molecule has 0 aliphatic carbocycles. The van der Waals surface area contributed by atoms with Gasteiger partial charge in [-0.05, 0) is 0 Å². The summed E-state index contributed by atoms with van der Waals surface area (Å²) in [5.74, 6) is 0. The molecule has 0 saturated heterocycles. The van der Waals surface area contributed by atoms with Crippen molar-refractivity contribution in [2.75, 3.05) is 0 Å². The van der Waals surface area contributed by atoms with E-state index in [9.17, 15) is 0 Å². The zero-order valence-electron chi connectivity index (χ0n) is 1.92. The van der Waals surface area contributed by atoms with Crippen molar-refractivity contribution in [3.63, 3.8) is 0 Å². The summed E-state index contributed by atoms with van der Waals surface area (Å²) in [6, 6.07) is 0. The van der Waals surface area contributed by atoms with Gasteiger partial charge in [-0.2, -0.15) is 0 Å². The van der Waals surface area contributed by atoms with Gasteiger partial charge in [0.05, 0.1) is 0 Å². The molecular weight excluding hydrogens is 357 g/mol. The first-order valence-corrected chi connectivity index (χ1v) is 0.508. The SMILES string of the molecule is [Ba].[Ce].[O]=[Cu]. The summed E-state index contributed by atoms with van der Waals surface area (Å²) in [5, 5.41) is 0. The first kappa shape index (κ1) is 15.7. The average molecular weight is 357 g/mol. The molecule has 0 aliphatic heterocycles. The first-order valence-electron chi connectivity index (χ1n) is 0.123. The standard InChI is InChI=1S/Ba.Ce.Cu.O. The van der Waals surface area contributed by atoms with E-state index in [1.165, 1.54) is 0 Å². The van der Waals surface area contributed by atoms with Gasteiger partial charge in [0.15, 0.2) is 0 Å². The summed E-state index contributed by atoms with van der Waals surface area (Å²) in [6.07, 6.45) is 0. The monoisotopic (exact) mass is 357 g/mol. The van der Waals surface area contributed by atoms with E-state index in [2.05, 4.69) is 15.9 Å². The molecule has 0 fully saturated rings. The fourth-order valence-corrected chi connectivity index (χ4v) is 0. The molecule has 0 bridgehead atoms. The molecule has 1 nitrogen and oxygen atoms in total. The number of hydrogen-bond donors (Lipinski definition) is 0. The van der Waals surface area contributed by atoms with Gasteiger partial charge in [0, 0.05) is 90.6 Å². The molecule has 0 heterocycles. The van der Waals surface area contributed by atoms with Crippen LogP contribution in [-0.4, -0.2) is 48.9 Å². The molecule has 0 rings (SSSR count). The van der Waals surface area contributed by atoms with Gasteiger partial charge in [-0.15, -0.1) is 0 Å². The van der Waals surface area contributed by atoms with Crippen molar-refractivity contribution in [1.82, 2.24) is 0 Å². The molecule has 0 amide bonds. The van der Waals surface area contributed by atoms with E-state index in [4.69, 9.17) is 3.83 Å². The van der Waals surface area contributed by atoms with Crippen LogP contribution in [0.1, 0.15) is 0 Å². The van der Waals surface area contributed by atoms with E-state index in [1.54, 1.807) is 0 Å². The van der Waals surface area contributed by atoms with Crippen molar-refractivity contribution >= 4 is 48.9 Å². The molecule has 0 aromatic carbocycles. The van der Waals surface area contributed by atoms with E-state index < -0.39 is 0 Å². The molecule has 0 atom stereocenters. The minimum absolute atomic E-state index is 0. The average Bonchev–Trinajstić information content (AvgIpc) is 1.00. The van der Waals surface area contributed by atoms with Gasteiger partial charge in [0.25, 0.3) is 0 Å². The number of hydrogen-bond acceptors (Lipinski definition) is 1. The predicted octanol–water partition coefficient (Wildman–Crippen LogP) is -0.502. The van der Waals surface area contributed by atoms with E-state index in [1.807, 2.05) is 0 Å². The second-order valence-electron chi connectivity index (χ2n) is 0. The Morgan fingerprint density at radius 1 is 1.25 bits per heavy atom. The van der Waals surface area contributed by atoms with Crippen molar-refractivity contribution in [2.24, 2.45) is 0 Å². The summed E-state index contributed by atoms with van der Waals surface area (Å²) in [6.45, 7) is 0. The van der Waals surface area contributed by atoms with Crippen LogP contribution in [0.3, 0.4) is 0 Å². The van der Waals surface area contributed by atoms with Crippen molar-refractivity contribution in [3.8, 4) is 0 Å². The van der Waals surface area contributed by atoms with E-state index in [0.29, 0.717) is 0 Å². The van der Waals surface area contributed by atoms with E-state index >= 15 is 0 Å². The van der Waals surface area contributed by atoms with Gasteiger partial charge in [-0.1, -0.05) is 0 Å². The molecule has 4 heavy (non-hydrogen) atoms. The molecule has 0 unspecified atom stereocenters. The maximum atomic E-state index is 7.81. The van der Waals surface area contributed by atoms with Crippen LogP contribution in [0.25, 0.3) is 0 Å². The van der Waals surface area contributed by atoms with Gasteiger partial charge in [-0.25, -0.2) is 0 Å². The van der Waals surface area contributed by atoms with Gasteiger partial charge >= 0.3 is 19.8 Å². The van der Waals surface area contributed by atoms with Crippen LogP contribution in [0, 0.1) is 41.7 Å². The first-order chi connectivity index (χ1) is 1.00. The third kappa shape index (κ3) is 8.99. The summed E-state index contributed by atoms with van der Waals surface area (Å²) in [5.41, 5.74) is 0. The van der Waals surface area contributed by atoms with Crippen LogP contribution in [0.5, 0.6) is 0 Å². The zero-order chi connectivity index (χ0) is 2.00. The molecule has 2 radical (unpaired) electrons. The van der Waals surface area contributed by atoms with Crippen LogP contribution >= 0.6 is 0 Å². The molecule has 4 heteroatoms. The second-order valence-corrected chi connectivity index (χ2v) is 0. The maximum absolute atomic E-state index is 7.81. The summed E-state index contributed by atoms with van der Waals surface area (Å²) >= 11 is 2.94. The van der Waals surface area contributed by atoms with E-state index in [0.717, 1.165) is 0 Å². The van der Waals surface area contributed by atoms with Crippen molar-refractivity contribution < 1.29 is 61.5 Å². The predicted molar refractivity (Wildman–Crippen MR) is 6.44 cm³/mol. The Labute approximate surface area is 107 Å². The Morgan fingerprint density at radius 3 is 1.25 bits per heavy atom. The molecule has 0 saturated carbocycles. The Morgan fingerprint density at radius 2 is 1.25 bits per heavy atom. The Kier molecular flexibility index (Phi) is 63.8. The van der Waals surface area contributed by atoms with Crippen LogP contribution in [0.4, 0.5) is 0 Å². The van der Waals surface area contributed by atoms with Gasteiger partial charge in [0.2, 0.25) is 0 Å². The van der Waals surface area contributed by atoms with Gasteiger partial charge < -0.3 is 0 Å². The fourth-order valence-electron chi connectivity index (χ4n) is 0. The van der Waals surface area contributed by atoms with Crippen molar-refractivity contribution in [1.29, 1.82) is 0 Å². The summed E-state index contributed by atoms with van der Waals surface area (Å²) < 4.78 is 7.81. The molecule has 0 aromatic heterocycles. The summed E-state index contributed by atoms with van der Waals surface area (Å²) in [4.78, 5) is 0. The topological polar surface area (TPSA) is 17.1 Å². The normalized spacial score (nSPS) is 1.50. The zero-order valence-corrected chi connectivity index (χ0v) is 10.4. The second kappa shape index (κ2) is 16.3. The van der Waals surface area contributed by atoms with Gasteiger partial charge in [0.1, 0.15) is 0 Å².